The fourth-order valence-electron chi connectivity index (χ4n) is 1.18. The van der Waals surface area contributed by atoms with Crippen LogP contribution in [-0.2, 0) is 9.47 Å². The van der Waals surface area contributed by atoms with Crippen molar-refractivity contribution in [3.63, 3.8) is 0 Å². The van der Waals surface area contributed by atoms with E-state index in [9.17, 15) is 0 Å². The van der Waals surface area contributed by atoms with Gasteiger partial charge < -0.3 is 14.7 Å². The van der Waals surface area contributed by atoms with Crippen molar-refractivity contribution in [2.24, 2.45) is 5.16 Å². The maximum Gasteiger partial charge on any atom is 0.164 e. The van der Waals surface area contributed by atoms with Crippen LogP contribution in [0, 0.1) is 0 Å². The first kappa shape index (κ1) is 9.22. The Bertz CT molecular complexity index is 200. The first-order valence-corrected chi connectivity index (χ1v) is 3.75. The predicted molar refractivity (Wildman–Crippen MR) is 44.3 cm³/mol. The topological polar surface area (TPSA) is 51.0 Å². The number of ether oxygens (including phenoxy) is 2. The van der Waals surface area contributed by atoms with E-state index in [1.807, 2.05) is 0 Å². The SMILES string of the molecule is C=C[C@H]1OC(C)(C)O[C@H]1/C=N\O. The molecule has 1 aliphatic heterocycles. The van der Waals surface area contributed by atoms with Gasteiger partial charge in [0.15, 0.2) is 5.79 Å². The van der Waals surface area contributed by atoms with Crippen molar-refractivity contribution >= 4 is 6.21 Å². The molecule has 1 rings (SSSR count). The summed E-state index contributed by atoms with van der Waals surface area (Å²) in [5.74, 6) is -0.634. The number of hydrogen-bond acceptors (Lipinski definition) is 4. The van der Waals surface area contributed by atoms with E-state index < -0.39 is 5.79 Å². The van der Waals surface area contributed by atoms with Gasteiger partial charge >= 0.3 is 0 Å². The highest BCUT2D eigenvalue weighted by atomic mass is 16.7. The first-order valence-electron chi connectivity index (χ1n) is 3.75. The molecule has 0 spiro atoms. The zero-order valence-electron chi connectivity index (χ0n) is 7.23. The van der Waals surface area contributed by atoms with Crippen molar-refractivity contribution in [2.75, 3.05) is 0 Å². The number of hydrogen-bond donors (Lipinski definition) is 1. The summed E-state index contributed by atoms with van der Waals surface area (Å²) in [7, 11) is 0. The average molecular weight is 171 g/mol. The van der Waals surface area contributed by atoms with Gasteiger partial charge in [-0.15, -0.1) is 6.58 Å². The number of rotatable bonds is 2. The fraction of sp³-hybridized carbons (Fsp3) is 0.625. The molecule has 1 saturated heterocycles. The molecule has 0 aliphatic carbocycles. The Kier molecular flexibility index (Phi) is 2.49. The van der Waals surface area contributed by atoms with Crippen molar-refractivity contribution < 1.29 is 14.7 Å². The van der Waals surface area contributed by atoms with Crippen LogP contribution in [0.2, 0.25) is 0 Å². The van der Waals surface area contributed by atoms with Gasteiger partial charge in [-0.1, -0.05) is 11.2 Å². The van der Waals surface area contributed by atoms with Gasteiger partial charge in [0.1, 0.15) is 12.2 Å². The lowest BCUT2D eigenvalue weighted by Crippen LogP contribution is -2.22. The maximum atomic E-state index is 8.31. The van der Waals surface area contributed by atoms with E-state index >= 15 is 0 Å². The molecule has 4 heteroatoms. The molecule has 2 atom stereocenters. The molecule has 1 fully saturated rings. The minimum Gasteiger partial charge on any atom is -0.411 e. The van der Waals surface area contributed by atoms with Gasteiger partial charge in [0.25, 0.3) is 0 Å². The van der Waals surface area contributed by atoms with Crippen molar-refractivity contribution in [3.8, 4) is 0 Å². The normalized spacial score (nSPS) is 34.2. The van der Waals surface area contributed by atoms with Crippen LogP contribution in [0.5, 0.6) is 0 Å². The van der Waals surface area contributed by atoms with E-state index in [1.165, 1.54) is 6.21 Å². The average Bonchev–Trinajstić information content (AvgIpc) is 2.26. The molecular weight excluding hydrogens is 158 g/mol. The van der Waals surface area contributed by atoms with Gasteiger partial charge in [0.2, 0.25) is 0 Å². The molecule has 1 heterocycles. The summed E-state index contributed by atoms with van der Waals surface area (Å²) < 4.78 is 10.8. The minimum atomic E-state index is -0.634. The largest absolute Gasteiger partial charge is 0.411 e. The summed E-state index contributed by atoms with van der Waals surface area (Å²) in [6, 6.07) is 0. The molecule has 0 aromatic rings. The van der Waals surface area contributed by atoms with Crippen LogP contribution in [0.3, 0.4) is 0 Å². The Morgan fingerprint density at radius 2 is 2.00 bits per heavy atom. The first-order chi connectivity index (χ1) is 5.59. The zero-order valence-corrected chi connectivity index (χ0v) is 7.23. The lowest BCUT2D eigenvalue weighted by Gasteiger charge is -2.15. The smallest absolute Gasteiger partial charge is 0.164 e. The summed E-state index contributed by atoms with van der Waals surface area (Å²) in [6.07, 6.45) is 2.33. The van der Waals surface area contributed by atoms with Crippen molar-refractivity contribution in [3.05, 3.63) is 12.7 Å². The van der Waals surface area contributed by atoms with E-state index in [2.05, 4.69) is 11.7 Å². The van der Waals surface area contributed by atoms with Crippen LogP contribution in [-0.4, -0.2) is 29.4 Å². The quantitative estimate of drug-likeness (QED) is 0.293. The summed E-state index contributed by atoms with van der Waals surface area (Å²) >= 11 is 0. The second-order valence-corrected chi connectivity index (χ2v) is 3.07. The van der Waals surface area contributed by atoms with E-state index in [1.54, 1.807) is 19.9 Å². The van der Waals surface area contributed by atoms with Gasteiger partial charge in [-0.05, 0) is 13.8 Å². The molecule has 68 valence electrons. The Labute approximate surface area is 71.5 Å². The van der Waals surface area contributed by atoms with Crippen LogP contribution in [0.15, 0.2) is 17.8 Å². The highest BCUT2D eigenvalue weighted by Crippen LogP contribution is 2.27. The predicted octanol–water partition coefficient (Wildman–Crippen LogP) is 1.15. The maximum absolute atomic E-state index is 8.31. The summed E-state index contributed by atoms with van der Waals surface area (Å²) in [4.78, 5) is 0. The lowest BCUT2D eigenvalue weighted by molar-refractivity contribution is -0.137. The van der Waals surface area contributed by atoms with E-state index in [4.69, 9.17) is 14.7 Å². The molecule has 0 radical (unpaired) electrons. The minimum absolute atomic E-state index is 0.240. The molecule has 0 aromatic carbocycles. The Morgan fingerprint density at radius 1 is 1.42 bits per heavy atom. The Morgan fingerprint density at radius 3 is 2.50 bits per heavy atom. The third-order valence-electron chi connectivity index (χ3n) is 1.61. The van der Waals surface area contributed by atoms with E-state index in [-0.39, 0.29) is 12.2 Å². The standard InChI is InChI=1S/C8H13NO3/c1-4-6-7(5-9-10)12-8(2,3)11-6/h4-7,10H,1H2,2-3H3/b9-5-/t6-,7+/m1/s1. The Balaban J connectivity index is 2.69. The van der Waals surface area contributed by atoms with Gasteiger partial charge in [0, 0.05) is 0 Å². The summed E-state index contributed by atoms with van der Waals surface area (Å²) in [6.45, 7) is 7.19. The molecule has 12 heavy (non-hydrogen) atoms. The molecule has 0 bridgehead atoms. The lowest BCUT2D eigenvalue weighted by atomic mass is 10.2. The second-order valence-electron chi connectivity index (χ2n) is 3.07. The third-order valence-corrected chi connectivity index (χ3v) is 1.61. The number of oxime groups is 1. The van der Waals surface area contributed by atoms with Crippen molar-refractivity contribution in [2.45, 2.75) is 31.8 Å². The summed E-state index contributed by atoms with van der Waals surface area (Å²) in [5, 5.41) is 11.2. The van der Waals surface area contributed by atoms with Crippen LogP contribution in [0.1, 0.15) is 13.8 Å². The monoisotopic (exact) mass is 171 g/mol. The molecular formula is C8H13NO3. The fourth-order valence-corrected chi connectivity index (χ4v) is 1.18. The second kappa shape index (κ2) is 3.25. The van der Waals surface area contributed by atoms with Gasteiger partial charge in [-0.2, -0.15) is 0 Å². The third kappa shape index (κ3) is 1.84. The van der Waals surface area contributed by atoms with E-state index in [0.717, 1.165) is 0 Å². The Hall–Kier alpha value is -0.870. The van der Waals surface area contributed by atoms with Crippen molar-refractivity contribution in [1.82, 2.24) is 0 Å². The van der Waals surface area contributed by atoms with Crippen LogP contribution >= 0.6 is 0 Å². The highest BCUT2D eigenvalue weighted by Gasteiger charge is 2.38. The zero-order chi connectivity index (χ0) is 9.19. The van der Waals surface area contributed by atoms with Crippen LogP contribution in [0.25, 0.3) is 0 Å². The summed E-state index contributed by atoms with van der Waals surface area (Å²) in [5.41, 5.74) is 0. The van der Waals surface area contributed by atoms with Crippen molar-refractivity contribution in [1.29, 1.82) is 0 Å². The molecule has 0 amide bonds. The van der Waals surface area contributed by atoms with Gasteiger partial charge in [-0.3, -0.25) is 0 Å². The van der Waals surface area contributed by atoms with E-state index in [0.29, 0.717) is 0 Å². The molecule has 4 nitrogen and oxygen atoms in total. The number of nitrogens with zero attached hydrogens (tertiary/aromatic N) is 1. The van der Waals surface area contributed by atoms with Crippen LogP contribution < -0.4 is 0 Å². The molecule has 0 saturated carbocycles. The molecule has 1 aliphatic rings. The highest BCUT2D eigenvalue weighted by molar-refractivity contribution is 5.64. The van der Waals surface area contributed by atoms with Crippen LogP contribution in [0.4, 0.5) is 0 Å². The molecule has 1 N–H and O–H groups in total. The molecule has 0 aromatic heterocycles. The van der Waals surface area contributed by atoms with Gasteiger partial charge in [-0.25, -0.2) is 0 Å². The van der Waals surface area contributed by atoms with Gasteiger partial charge in [0.05, 0.1) is 6.21 Å². The molecule has 0 unspecified atom stereocenters.